The molecule has 0 fully saturated rings. The number of hydrogen-bond acceptors (Lipinski definition) is 3. The van der Waals surface area contributed by atoms with E-state index in [9.17, 15) is 4.39 Å². The van der Waals surface area contributed by atoms with Crippen molar-refractivity contribution < 1.29 is 4.39 Å². The maximum Gasteiger partial charge on any atom is 0.235 e. The van der Waals surface area contributed by atoms with Gasteiger partial charge in [0.1, 0.15) is 16.4 Å². The van der Waals surface area contributed by atoms with Crippen LogP contribution >= 0.6 is 23.4 Å². The maximum absolute atomic E-state index is 12.5. The van der Waals surface area contributed by atoms with Crippen LogP contribution in [0.1, 0.15) is 0 Å². The first-order valence-electron chi connectivity index (χ1n) is 2.45. The quantitative estimate of drug-likeness (QED) is 0.486. The third-order valence-electron chi connectivity index (χ3n) is 0.908. The molecule has 0 aromatic carbocycles. The van der Waals surface area contributed by atoms with E-state index in [1.165, 1.54) is 11.8 Å². The van der Waals surface area contributed by atoms with Crippen LogP contribution in [0.15, 0.2) is 11.4 Å². The van der Waals surface area contributed by atoms with Crippen molar-refractivity contribution in [1.29, 1.82) is 0 Å². The molecule has 1 aromatic rings. The Labute approximate surface area is 66.8 Å². The van der Waals surface area contributed by atoms with Crippen molar-refractivity contribution in [3.63, 3.8) is 0 Å². The molecule has 0 unspecified atom stereocenters. The van der Waals surface area contributed by atoms with Crippen molar-refractivity contribution >= 4 is 23.4 Å². The summed E-state index contributed by atoms with van der Waals surface area (Å²) in [6.07, 6.45) is 2.92. The van der Waals surface area contributed by atoms with E-state index in [0.717, 1.165) is 6.33 Å². The molecule has 1 aromatic heterocycles. The Hall–Kier alpha value is -0.350. The van der Waals surface area contributed by atoms with Gasteiger partial charge in [-0.1, -0.05) is 11.6 Å². The fraction of sp³-hybridized carbons (Fsp3) is 0.200. The smallest absolute Gasteiger partial charge is 0.228 e. The number of aromatic nitrogens is 2. The Morgan fingerprint density at radius 2 is 2.30 bits per heavy atom. The molecule has 1 heterocycles. The molecule has 0 bridgehead atoms. The largest absolute Gasteiger partial charge is 0.235 e. The first kappa shape index (κ1) is 7.75. The summed E-state index contributed by atoms with van der Waals surface area (Å²) >= 11 is 6.76. The van der Waals surface area contributed by atoms with Crippen LogP contribution in [-0.4, -0.2) is 16.2 Å². The molecule has 0 aliphatic carbocycles. The average Bonchev–Trinajstić information content (AvgIpc) is 1.95. The van der Waals surface area contributed by atoms with Crippen molar-refractivity contribution in [2.24, 2.45) is 0 Å². The van der Waals surface area contributed by atoms with E-state index >= 15 is 0 Å². The van der Waals surface area contributed by atoms with Crippen LogP contribution in [0.25, 0.3) is 0 Å². The van der Waals surface area contributed by atoms with E-state index in [1.54, 1.807) is 6.26 Å². The zero-order valence-corrected chi connectivity index (χ0v) is 6.71. The Morgan fingerprint density at radius 1 is 1.60 bits per heavy atom. The van der Waals surface area contributed by atoms with E-state index in [4.69, 9.17) is 11.6 Å². The Balaban J connectivity index is 3.14. The highest BCUT2D eigenvalue weighted by Crippen LogP contribution is 2.22. The fourth-order valence-corrected chi connectivity index (χ4v) is 1.22. The van der Waals surface area contributed by atoms with Gasteiger partial charge in [0.25, 0.3) is 0 Å². The summed E-state index contributed by atoms with van der Waals surface area (Å²) in [5, 5.41) is 0.462. The zero-order valence-electron chi connectivity index (χ0n) is 5.14. The van der Waals surface area contributed by atoms with Gasteiger partial charge in [0.15, 0.2) is 0 Å². The van der Waals surface area contributed by atoms with Gasteiger partial charge in [-0.05, 0) is 6.26 Å². The number of nitrogens with zero attached hydrogens (tertiary/aromatic N) is 2. The van der Waals surface area contributed by atoms with Crippen LogP contribution in [0.4, 0.5) is 4.39 Å². The minimum absolute atomic E-state index is 0.00463. The van der Waals surface area contributed by atoms with Gasteiger partial charge < -0.3 is 0 Å². The first-order valence-corrected chi connectivity index (χ1v) is 4.06. The third-order valence-corrected chi connectivity index (χ3v) is 2.05. The van der Waals surface area contributed by atoms with Crippen LogP contribution in [-0.2, 0) is 0 Å². The lowest BCUT2D eigenvalue weighted by Gasteiger charge is -1.96. The molecule has 10 heavy (non-hydrogen) atoms. The lowest BCUT2D eigenvalue weighted by molar-refractivity contribution is 0.573. The predicted molar refractivity (Wildman–Crippen MR) is 38.8 cm³/mol. The highest BCUT2D eigenvalue weighted by molar-refractivity contribution is 7.98. The molecule has 0 atom stereocenters. The molecule has 0 spiro atoms. The van der Waals surface area contributed by atoms with Crippen molar-refractivity contribution in [2.75, 3.05) is 6.26 Å². The van der Waals surface area contributed by atoms with E-state index in [2.05, 4.69) is 9.97 Å². The van der Waals surface area contributed by atoms with Crippen molar-refractivity contribution in [2.45, 2.75) is 5.03 Å². The molecule has 0 aliphatic heterocycles. The SMILES string of the molecule is CSc1ncnc(F)c1Cl. The summed E-state index contributed by atoms with van der Waals surface area (Å²) in [4.78, 5) is 7.00. The second kappa shape index (κ2) is 3.16. The average molecular weight is 179 g/mol. The highest BCUT2D eigenvalue weighted by atomic mass is 35.5. The van der Waals surface area contributed by atoms with Crippen molar-refractivity contribution in [1.82, 2.24) is 9.97 Å². The highest BCUT2D eigenvalue weighted by Gasteiger charge is 2.05. The van der Waals surface area contributed by atoms with E-state index in [1.807, 2.05) is 0 Å². The number of rotatable bonds is 1. The van der Waals surface area contributed by atoms with Crippen molar-refractivity contribution in [3.8, 4) is 0 Å². The molecule has 0 saturated heterocycles. The van der Waals surface area contributed by atoms with Gasteiger partial charge in [0.05, 0.1) is 0 Å². The summed E-state index contributed by atoms with van der Waals surface area (Å²) in [7, 11) is 0. The van der Waals surface area contributed by atoms with Crippen molar-refractivity contribution in [3.05, 3.63) is 17.3 Å². The molecule has 0 aliphatic rings. The molecular weight excluding hydrogens is 175 g/mol. The van der Waals surface area contributed by atoms with E-state index in [-0.39, 0.29) is 5.02 Å². The minimum Gasteiger partial charge on any atom is -0.228 e. The normalized spacial score (nSPS) is 9.90. The van der Waals surface area contributed by atoms with Gasteiger partial charge >= 0.3 is 0 Å². The first-order chi connectivity index (χ1) is 4.75. The van der Waals surface area contributed by atoms with Crippen LogP contribution in [0, 0.1) is 5.95 Å². The predicted octanol–water partition coefficient (Wildman–Crippen LogP) is 1.99. The van der Waals surface area contributed by atoms with Gasteiger partial charge in [-0.25, -0.2) is 9.97 Å². The topological polar surface area (TPSA) is 25.8 Å². The number of halogens is 2. The number of hydrogen-bond donors (Lipinski definition) is 0. The van der Waals surface area contributed by atoms with Crippen LogP contribution < -0.4 is 0 Å². The molecule has 54 valence electrons. The molecule has 2 nitrogen and oxygen atoms in total. The summed E-state index contributed by atoms with van der Waals surface area (Å²) in [5.41, 5.74) is 0. The summed E-state index contributed by atoms with van der Waals surface area (Å²) in [6.45, 7) is 0. The van der Waals surface area contributed by atoms with Crippen LogP contribution in [0.2, 0.25) is 5.02 Å². The molecule has 0 saturated carbocycles. The van der Waals surface area contributed by atoms with Gasteiger partial charge in [-0.3, -0.25) is 0 Å². The molecule has 5 heteroatoms. The van der Waals surface area contributed by atoms with Gasteiger partial charge in [-0.15, -0.1) is 11.8 Å². The minimum atomic E-state index is -0.666. The monoisotopic (exact) mass is 178 g/mol. The van der Waals surface area contributed by atoms with Crippen LogP contribution in [0.5, 0.6) is 0 Å². The second-order valence-corrected chi connectivity index (χ2v) is 2.66. The van der Waals surface area contributed by atoms with E-state index < -0.39 is 5.95 Å². The number of thioether (sulfide) groups is 1. The van der Waals surface area contributed by atoms with Crippen LogP contribution in [0.3, 0.4) is 0 Å². The lowest BCUT2D eigenvalue weighted by Crippen LogP contribution is -1.88. The van der Waals surface area contributed by atoms with Gasteiger partial charge in [-0.2, -0.15) is 4.39 Å². The molecule has 0 radical (unpaired) electrons. The summed E-state index contributed by atoms with van der Waals surface area (Å²) in [5.74, 6) is -0.666. The molecular formula is C5H4ClFN2S. The second-order valence-electron chi connectivity index (χ2n) is 1.49. The molecule has 1 rings (SSSR count). The molecule has 0 amide bonds. The summed E-state index contributed by atoms with van der Waals surface area (Å²) < 4.78 is 12.5. The maximum atomic E-state index is 12.5. The zero-order chi connectivity index (χ0) is 7.56. The Morgan fingerprint density at radius 3 is 2.80 bits per heavy atom. The lowest BCUT2D eigenvalue weighted by atomic mass is 10.6. The molecule has 0 N–H and O–H groups in total. The van der Waals surface area contributed by atoms with Gasteiger partial charge in [0.2, 0.25) is 5.95 Å². The third kappa shape index (κ3) is 1.38. The summed E-state index contributed by atoms with van der Waals surface area (Å²) in [6, 6.07) is 0. The Bertz CT molecular complexity index is 243. The Kier molecular flexibility index (Phi) is 2.45. The fourth-order valence-electron chi connectivity index (χ4n) is 0.476. The van der Waals surface area contributed by atoms with E-state index in [0.29, 0.717) is 5.03 Å². The van der Waals surface area contributed by atoms with Gasteiger partial charge in [0, 0.05) is 0 Å². The standard InChI is InChI=1S/C5H4ClFN2S/c1-10-5-3(6)4(7)8-2-9-5/h2H,1H3.